The molecule has 0 aliphatic carbocycles. The molecule has 34 heavy (non-hydrogen) atoms. The Kier molecular flexibility index (Phi) is 5.67. The van der Waals surface area contributed by atoms with Gasteiger partial charge in [-0.1, -0.05) is 36.0 Å². The van der Waals surface area contributed by atoms with E-state index in [2.05, 4.69) is 4.98 Å². The Morgan fingerprint density at radius 1 is 0.971 bits per heavy atom. The zero-order valence-electron chi connectivity index (χ0n) is 18.6. The van der Waals surface area contributed by atoms with E-state index in [1.165, 1.54) is 0 Å². The van der Waals surface area contributed by atoms with Crippen molar-refractivity contribution in [1.29, 1.82) is 0 Å². The molecule has 0 saturated heterocycles. The maximum Gasteiger partial charge on any atom is 0.338 e. The van der Waals surface area contributed by atoms with Crippen molar-refractivity contribution in [2.75, 3.05) is 11.5 Å². The Bertz CT molecular complexity index is 1470. The standard InChI is InChI=1S/C26H21N3O4S/c1-3-28-19-13-12-17(14-18(19)27-16(2)25(28)31)26(32)33-15-24(30)29-20-8-4-6-10-22(20)34-23-11-7-5-9-21(23)29/h4-14H,3,15H2,1-2H3. The SMILES string of the molecule is CCn1c(=O)c(C)nc2cc(C(=O)OCC(=O)N3c4ccccc4Sc4ccccc43)ccc21. The Morgan fingerprint density at radius 3 is 2.26 bits per heavy atom. The smallest absolute Gasteiger partial charge is 0.338 e. The molecule has 0 radical (unpaired) electrons. The van der Waals surface area contributed by atoms with Crippen LogP contribution in [0.2, 0.25) is 0 Å². The van der Waals surface area contributed by atoms with E-state index in [0.29, 0.717) is 23.3 Å². The third-order valence-electron chi connectivity index (χ3n) is 5.67. The number of hydrogen-bond acceptors (Lipinski definition) is 6. The maximum absolute atomic E-state index is 13.2. The van der Waals surface area contributed by atoms with E-state index in [4.69, 9.17) is 4.74 Å². The van der Waals surface area contributed by atoms with Crippen molar-refractivity contribution >= 4 is 46.0 Å². The van der Waals surface area contributed by atoms with Crippen LogP contribution in [-0.2, 0) is 16.1 Å². The maximum atomic E-state index is 13.2. The zero-order chi connectivity index (χ0) is 23.8. The van der Waals surface area contributed by atoms with Gasteiger partial charge in [-0.25, -0.2) is 9.78 Å². The molecule has 1 aliphatic heterocycles. The van der Waals surface area contributed by atoms with Gasteiger partial charge in [-0.05, 0) is 56.3 Å². The van der Waals surface area contributed by atoms with Crippen LogP contribution < -0.4 is 10.5 Å². The number of benzene rings is 3. The minimum absolute atomic E-state index is 0.156. The van der Waals surface area contributed by atoms with Crippen LogP contribution in [0.3, 0.4) is 0 Å². The topological polar surface area (TPSA) is 81.5 Å². The molecule has 0 saturated carbocycles. The normalized spacial score (nSPS) is 12.2. The van der Waals surface area contributed by atoms with Gasteiger partial charge in [-0.15, -0.1) is 0 Å². The lowest BCUT2D eigenvalue weighted by atomic mass is 10.2. The average molecular weight is 472 g/mol. The van der Waals surface area contributed by atoms with E-state index in [0.717, 1.165) is 21.2 Å². The van der Waals surface area contributed by atoms with E-state index in [1.807, 2.05) is 55.5 Å². The van der Waals surface area contributed by atoms with Crippen LogP contribution in [0.4, 0.5) is 11.4 Å². The number of esters is 1. The molecule has 4 aromatic rings. The first kappa shape index (κ1) is 21.9. The Hall–Kier alpha value is -3.91. The lowest BCUT2D eigenvalue weighted by Gasteiger charge is -2.30. The van der Waals surface area contributed by atoms with Gasteiger partial charge in [0.2, 0.25) is 0 Å². The fraction of sp³-hybridized carbons (Fsp3) is 0.154. The monoisotopic (exact) mass is 471 g/mol. The number of carbonyl (C=O) groups excluding carboxylic acids is 2. The molecule has 2 heterocycles. The number of aryl methyl sites for hydroxylation is 2. The Labute approximate surface area is 200 Å². The highest BCUT2D eigenvalue weighted by Gasteiger charge is 2.28. The van der Waals surface area contributed by atoms with E-state index in [-0.39, 0.29) is 17.0 Å². The third kappa shape index (κ3) is 3.76. The summed E-state index contributed by atoms with van der Waals surface area (Å²) in [7, 11) is 0. The quantitative estimate of drug-likeness (QED) is 0.401. The van der Waals surface area contributed by atoms with Gasteiger partial charge in [0.05, 0.1) is 28.0 Å². The second-order valence-corrected chi connectivity index (χ2v) is 8.88. The van der Waals surface area contributed by atoms with Gasteiger partial charge in [0.15, 0.2) is 6.61 Å². The van der Waals surface area contributed by atoms with Gasteiger partial charge in [0.25, 0.3) is 11.5 Å². The summed E-state index contributed by atoms with van der Waals surface area (Å²) in [6.07, 6.45) is 0. The molecule has 1 aromatic heterocycles. The van der Waals surface area contributed by atoms with Crippen LogP contribution >= 0.6 is 11.8 Å². The predicted molar refractivity (Wildman–Crippen MR) is 131 cm³/mol. The molecule has 7 nitrogen and oxygen atoms in total. The molecule has 0 bridgehead atoms. The third-order valence-corrected chi connectivity index (χ3v) is 6.80. The van der Waals surface area contributed by atoms with Gasteiger partial charge in [0, 0.05) is 16.3 Å². The largest absolute Gasteiger partial charge is 0.452 e. The molecule has 1 aliphatic rings. The van der Waals surface area contributed by atoms with Crippen molar-refractivity contribution in [2.24, 2.45) is 0 Å². The summed E-state index contributed by atoms with van der Waals surface area (Å²) < 4.78 is 7.01. The number of aromatic nitrogens is 2. The average Bonchev–Trinajstić information content (AvgIpc) is 2.86. The van der Waals surface area contributed by atoms with Gasteiger partial charge >= 0.3 is 5.97 Å². The number of ether oxygens (including phenoxy) is 1. The minimum Gasteiger partial charge on any atom is -0.452 e. The number of para-hydroxylation sites is 2. The summed E-state index contributed by atoms with van der Waals surface area (Å²) in [6, 6.07) is 20.1. The molecule has 0 atom stereocenters. The van der Waals surface area contributed by atoms with Crippen molar-refractivity contribution < 1.29 is 14.3 Å². The lowest BCUT2D eigenvalue weighted by Crippen LogP contribution is -2.32. The molecule has 0 N–H and O–H groups in total. The molecule has 170 valence electrons. The summed E-state index contributed by atoms with van der Waals surface area (Å²) in [5, 5.41) is 0. The molecule has 3 aromatic carbocycles. The highest BCUT2D eigenvalue weighted by Crippen LogP contribution is 2.47. The summed E-state index contributed by atoms with van der Waals surface area (Å²) >= 11 is 1.60. The van der Waals surface area contributed by atoms with Gasteiger partial charge < -0.3 is 9.30 Å². The molecule has 0 spiro atoms. The first-order valence-corrected chi connectivity index (χ1v) is 11.7. The van der Waals surface area contributed by atoms with Crippen molar-refractivity contribution in [3.05, 3.63) is 88.3 Å². The van der Waals surface area contributed by atoms with Crippen molar-refractivity contribution in [3.8, 4) is 0 Å². The zero-order valence-corrected chi connectivity index (χ0v) is 19.5. The summed E-state index contributed by atoms with van der Waals surface area (Å²) in [5.74, 6) is -0.972. The number of hydrogen-bond donors (Lipinski definition) is 0. The van der Waals surface area contributed by atoms with Gasteiger partial charge in [0.1, 0.15) is 5.69 Å². The number of anilines is 2. The fourth-order valence-electron chi connectivity index (χ4n) is 4.06. The Balaban J connectivity index is 1.39. The fourth-order valence-corrected chi connectivity index (χ4v) is 5.12. The van der Waals surface area contributed by atoms with E-state index in [1.54, 1.807) is 46.4 Å². The van der Waals surface area contributed by atoms with Crippen LogP contribution in [0.5, 0.6) is 0 Å². The number of fused-ring (bicyclic) bond motifs is 3. The lowest BCUT2D eigenvalue weighted by molar-refractivity contribution is -0.121. The molecule has 1 amide bonds. The van der Waals surface area contributed by atoms with E-state index >= 15 is 0 Å². The number of carbonyl (C=O) groups is 2. The van der Waals surface area contributed by atoms with Crippen LogP contribution in [0, 0.1) is 6.92 Å². The van der Waals surface area contributed by atoms with E-state index < -0.39 is 12.6 Å². The number of rotatable bonds is 4. The van der Waals surface area contributed by atoms with Crippen LogP contribution in [0.25, 0.3) is 11.0 Å². The molecular formula is C26H21N3O4S. The summed E-state index contributed by atoms with van der Waals surface area (Å²) in [5.41, 5.74) is 3.15. The van der Waals surface area contributed by atoms with Crippen molar-refractivity contribution in [3.63, 3.8) is 0 Å². The number of amides is 1. The molecular weight excluding hydrogens is 450 g/mol. The first-order valence-electron chi connectivity index (χ1n) is 10.8. The molecule has 0 fully saturated rings. The van der Waals surface area contributed by atoms with Crippen LogP contribution in [0.15, 0.2) is 81.3 Å². The van der Waals surface area contributed by atoms with Crippen LogP contribution in [-0.4, -0.2) is 28.0 Å². The summed E-state index contributed by atoms with van der Waals surface area (Å²) in [4.78, 5) is 46.1. The number of nitrogens with zero attached hydrogens (tertiary/aromatic N) is 3. The predicted octanol–water partition coefficient (Wildman–Crippen LogP) is 4.71. The Morgan fingerprint density at radius 2 is 1.62 bits per heavy atom. The first-order chi connectivity index (χ1) is 16.5. The molecule has 5 rings (SSSR count). The van der Waals surface area contributed by atoms with Crippen LogP contribution in [0.1, 0.15) is 23.0 Å². The molecule has 0 unspecified atom stereocenters. The van der Waals surface area contributed by atoms with Gasteiger partial charge in [-0.3, -0.25) is 14.5 Å². The highest BCUT2D eigenvalue weighted by atomic mass is 32.2. The van der Waals surface area contributed by atoms with E-state index in [9.17, 15) is 14.4 Å². The van der Waals surface area contributed by atoms with Gasteiger partial charge in [-0.2, -0.15) is 0 Å². The van der Waals surface area contributed by atoms with Crippen molar-refractivity contribution in [2.45, 2.75) is 30.2 Å². The highest BCUT2D eigenvalue weighted by molar-refractivity contribution is 7.99. The molecule has 8 heteroatoms. The summed E-state index contributed by atoms with van der Waals surface area (Å²) in [6.45, 7) is 3.60. The second kappa shape index (κ2) is 8.79. The van der Waals surface area contributed by atoms with Crippen molar-refractivity contribution in [1.82, 2.24) is 9.55 Å². The minimum atomic E-state index is -0.628. The second-order valence-electron chi connectivity index (χ2n) is 7.79.